The van der Waals surface area contributed by atoms with Gasteiger partial charge in [0.05, 0.1) is 6.10 Å². The van der Waals surface area contributed by atoms with Crippen molar-refractivity contribution in [1.29, 1.82) is 0 Å². The van der Waals surface area contributed by atoms with Crippen LogP contribution in [0.15, 0.2) is 12.3 Å². The zero-order valence-corrected chi connectivity index (χ0v) is 8.93. The molecular weight excluding hydrogens is 204 g/mol. The summed E-state index contributed by atoms with van der Waals surface area (Å²) in [5.41, 5.74) is 0. The summed E-state index contributed by atoms with van der Waals surface area (Å²) in [6.45, 7) is 6.86. The number of rotatable bonds is 2. The molecule has 0 saturated heterocycles. The van der Waals surface area contributed by atoms with Crippen molar-refractivity contribution in [2.45, 2.75) is 37.8 Å². The molecule has 1 heterocycles. The van der Waals surface area contributed by atoms with Crippen LogP contribution in [-0.4, -0.2) is 27.2 Å². The van der Waals surface area contributed by atoms with Crippen molar-refractivity contribution in [2.75, 3.05) is 5.32 Å². The van der Waals surface area contributed by atoms with Gasteiger partial charge in [0.1, 0.15) is 0 Å². The molecule has 16 heavy (non-hydrogen) atoms. The largest absolute Gasteiger partial charge is 0.393 e. The Kier molecular flexibility index (Phi) is 3.32. The van der Waals surface area contributed by atoms with Gasteiger partial charge in [0.25, 0.3) is 5.82 Å². The first kappa shape index (κ1) is 10.8. The van der Waals surface area contributed by atoms with Gasteiger partial charge in [0.2, 0.25) is 0 Å². The maximum absolute atomic E-state index is 9.38. The zero-order valence-electron chi connectivity index (χ0n) is 8.93. The number of aliphatic hydroxyl groups excluding tert-OH is 1. The van der Waals surface area contributed by atoms with Gasteiger partial charge in [-0.05, 0) is 31.7 Å². The molecule has 0 radical (unpaired) electrons. The number of nitrogens with one attached hydrogen (secondary N) is 1. The Morgan fingerprint density at radius 3 is 2.81 bits per heavy atom. The Morgan fingerprint density at radius 2 is 2.12 bits per heavy atom. The van der Waals surface area contributed by atoms with Crippen molar-refractivity contribution >= 4 is 11.8 Å². The van der Waals surface area contributed by atoms with Gasteiger partial charge < -0.3 is 15.3 Å². The zero-order chi connectivity index (χ0) is 11.4. The van der Waals surface area contributed by atoms with Crippen LogP contribution in [0.5, 0.6) is 0 Å². The van der Waals surface area contributed by atoms with Crippen molar-refractivity contribution in [1.82, 2.24) is 9.97 Å². The monoisotopic (exact) mass is 218 g/mol. The minimum absolute atomic E-state index is 0.159. The van der Waals surface area contributed by atoms with Gasteiger partial charge >= 0.3 is 5.95 Å². The first-order chi connectivity index (χ1) is 7.78. The van der Waals surface area contributed by atoms with Crippen LogP contribution in [0, 0.1) is 6.57 Å². The van der Waals surface area contributed by atoms with Crippen LogP contribution in [0.3, 0.4) is 0 Å². The number of hydrogen-bond donors (Lipinski definition) is 2. The lowest BCUT2D eigenvalue weighted by atomic mass is 9.93. The van der Waals surface area contributed by atoms with E-state index < -0.39 is 0 Å². The molecule has 0 atom stereocenters. The van der Waals surface area contributed by atoms with E-state index in [9.17, 15) is 5.11 Å². The van der Waals surface area contributed by atoms with Crippen molar-refractivity contribution in [2.24, 2.45) is 0 Å². The lowest BCUT2D eigenvalue weighted by molar-refractivity contribution is 0.126. The number of nitrogens with zero attached hydrogens (tertiary/aromatic N) is 3. The van der Waals surface area contributed by atoms with Crippen molar-refractivity contribution in [3.63, 3.8) is 0 Å². The van der Waals surface area contributed by atoms with Gasteiger partial charge in [-0.15, -0.1) is 0 Å². The van der Waals surface area contributed by atoms with E-state index in [-0.39, 0.29) is 6.10 Å². The molecule has 0 amide bonds. The van der Waals surface area contributed by atoms with Crippen LogP contribution in [0.1, 0.15) is 25.7 Å². The smallest absolute Gasteiger partial charge is 0.319 e. The van der Waals surface area contributed by atoms with Crippen LogP contribution < -0.4 is 5.32 Å². The maximum atomic E-state index is 9.38. The molecule has 1 saturated carbocycles. The van der Waals surface area contributed by atoms with Gasteiger partial charge in [-0.3, -0.25) is 0 Å². The second-order valence-corrected chi connectivity index (χ2v) is 4.00. The Balaban J connectivity index is 1.96. The van der Waals surface area contributed by atoms with Gasteiger partial charge in [0, 0.05) is 12.2 Å². The van der Waals surface area contributed by atoms with E-state index in [2.05, 4.69) is 20.1 Å². The molecule has 0 bridgehead atoms. The molecule has 2 rings (SSSR count). The van der Waals surface area contributed by atoms with Gasteiger partial charge in [-0.2, -0.15) is 0 Å². The summed E-state index contributed by atoms with van der Waals surface area (Å²) in [7, 11) is 0. The number of aromatic nitrogens is 2. The van der Waals surface area contributed by atoms with Crippen LogP contribution in [-0.2, 0) is 0 Å². The number of hydrogen-bond acceptors (Lipinski definition) is 4. The summed E-state index contributed by atoms with van der Waals surface area (Å²) < 4.78 is 0. The summed E-state index contributed by atoms with van der Waals surface area (Å²) in [6.07, 6.45) is 4.91. The highest BCUT2D eigenvalue weighted by atomic mass is 16.3. The molecule has 1 aromatic heterocycles. The van der Waals surface area contributed by atoms with Crippen molar-refractivity contribution in [3.05, 3.63) is 23.7 Å². The molecule has 1 aliphatic carbocycles. The van der Waals surface area contributed by atoms with Gasteiger partial charge in [-0.25, -0.2) is 4.98 Å². The molecule has 84 valence electrons. The van der Waals surface area contributed by atoms with E-state index in [1.165, 1.54) is 0 Å². The number of anilines is 1. The van der Waals surface area contributed by atoms with Crippen molar-refractivity contribution < 1.29 is 5.11 Å². The van der Waals surface area contributed by atoms with Crippen LogP contribution >= 0.6 is 0 Å². The lowest BCUT2D eigenvalue weighted by Crippen LogP contribution is -2.28. The highest BCUT2D eigenvalue weighted by Crippen LogP contribution is 2.21. The summed E-state index contributed by atoms with van der Waals surface area (Å²) in [4.78, 5) is 11.4. The van der Waals surface area contributed by atoms with Gasteiger partial charge in [0.15, 0.2) is 0 Å². The molecule has 0 aliphatic heterocycles. The van der Waals surface area contributed by atoms with E-state index in [4.69, 9.17) is 6.57 Å². The minimum atomic E-state index is -0.159. The molecule has 1 aromatic rings. The predicted molar refractivity (Wildman–Crippen MR) is 60.2 cm³/mol. The molecule has 1 fully saturated rings. The minimum Gasteiger partial charge on any atom is -0.393 e. The molecule has 0 unspecified atom stereocenters. The second-order valence-electron chi connectivity index (χ2n) is 4.00. The Labute approximate surface area is 94.4 Å². The summed E-state index contributed by atoms with van der Waals surface area (Å²) >= 11 is 0. The fraction of sp³-hybridized carbons (Fsp3) is 0.545. The highest BCUT2D eigenvalue weighted by Gasteiger charge is 2.20. The van der Waals surface area contributed by atoms with Crippen molar-refractivity contribution in [3.8, 4) is 0 Å². The second kappa shape index (κ2) is 4.90. The summed E-state index contributed by atoms with van der Waals surface area (Å²) in [6, 6.07) is 1.90. The van der Waals surface area contributed by atoms with E-state index in [1.54, 1.807) is 12.3 Å². The normalized spacial score (nSPS) is 24.8. The molecule has 1 aliphatic rings. The Bertz CT molecular complexity index is 393. The fourth-order valence-corrected chi connectivity index (χ4v) is 1.88. The maximum Gasteiger partial charge on any atom is 0.319 e. The summed E-state index contributed by atoms with van der Waals surface area (Å²) in [5, 5.41) is 12.6. The standard InChI is InChI=1S/C11H14N4O/c1-12-10-6-7-13-11(15-10)14-8-2-4-9(16)5-3-8/h6-9,16H,2-5H2,(H,13,14,15). The van der Waals surface area contributed by atoms with Crippen LogP contribution in [0.2, 0.25) is 0 Å². The number of aliphatic hydroxyl groups is 1. The average Bonchev–Trinajstić information content (AvgIpc) is 2.32. The average molecular weight is 218 g/mol. The molecule has 5 heteroatoms. The third-order valence-corrected chi connectivity index (χ3v) is 2.79. The van der Waals surface area contributed by atoms with E-state index >= 15 is 0 Å². The van der Waals surface area contributed by atoms with Gasteiger partial charge in [-0.1, -0.05) is 11.6 Å². The SMILES string of the molecule is [C-]#[N+]c1ccnc(NC2CCC(O)CC2)n1. The van der Waals surface area contributed by atoms with E-state index in [0.29, 0.717) is 17.8 Å². The predicted octanol–water partition coefficient (Wildman–Crippen LogP) is 1.74. The first-order valence-corrected chi connectivity index (χ1v) is 5.43. The molecule has 2 N–H and O–H groups in total. The third-order valence-electron chi connectivity index (χ3n) is 2.79. The summed E-state index contributed by atoms with van der Waals surface area (Å²) in [5.74, 6) is 0.864. The Morgan fingerprint density at radius 1 is 1.38 bits per heavy atom. The van der Waals surface area contributed by atoms with Crippen LogP contribution in [0.4, 0.5) is 11.8 Å². The molecule has 5 nitrogen and oxygen atoms in total. The van der Waals surface area contributed by atoms with Crippen LogP contribution in [0.25, 0.3) is 4.85 Å². The first-order valence-electron chi connectivity index (χ1n) is 5.43. The van der Waals surface area contributed by atoms with E-state index in [1.807, 2.05) is 0 Å². The molecule has 0 spiro atoms. The highest BCUT2D eigenvalue weighted by molar-refractivity contribution is 5.40. The lowest BCUT2D eigenvalue weighted by Gasteiger charge is -2.25. The fourth-order valence-electron chi connectivity index (χ4n) is 1.88. The van der Waals surface area contributed by atoms with E-state index in [0.717, 1.165) is 25.7 Å². The Hall–Kier alpha value is -1.67. The topological polar surface area (TPSA) is 62.4 Å². The molecular formula is C11H14N4O. The quantitative estimate of drug-likeness (QED) is 0.742. The molecule has 0 aromatic carbocycles. The third kappa shape index (κ3) is 2.67.